The molecule has 3 aliphatic rings. The summed E-state index contributed by atoms with van der Waals surface area (Å²) in [7, 11) is 2.13. The molecule has 0 radical (unpaired) electrons. The van der Waals surface area contributed by atoms with Crippen molar-refractivity contribution in [1.29, 1.82) is 0 Å². The van der Waals surface area contributed by atoms with Gasteiger partial charge in [-0.2, -0.15) is 0 Å². The van der Waals surface area contributed by atoms with Gasteiger partial charge in [-0.3, -0.25) is 0 Å². The van der Waals surface area contributed by atoms with Crippen molar-refractivity contribution >= 4 is 0 Å². The Morgan fingerprint density at radius 2 is 1.52 bits per heavy atom. The van der Waals surface area contributed by atoms with Crippen molar-refractivity contribution in [2.45, 2.75) is 75.5 Å². The number of hydrogen-bond donors (Lipinski definition) is 3. The van der Waals surface area contributed by atoms with Gasteiger partial charge >= 0.3 is 0 Å². The minimum atomic E-state index is 0.696. The molecule has 3 fully saturated rings. The molecule has 2 saturated heterocycles. The molecule has 3 N–H and O–H groups in total. The van der Waals surface area contributed by atoms with Crippen molar-refractivity contribution < 1.29 is 0 Å². The molecule has 1 aliphatic carbocycles. The van der Waals surface area contributed by atoms with Crippen LogP contribution in [0.5, 0.6) is 0 Å². The number of nitrogens with one attached hydrogen (secondary N) is 3. The number of likely N-dealkylation sites (N-methyl/N-ethyl adjacent to an activating group) is 1. The molecule has 1 saturated carbocycles. The number of nitrogens with zero attached hydrogens (tertiary/aromatic N) is 1. The van der Waals surface area contributed by atoms with Gasteiger partial charge in [0.05, 0.1) is 0 Å². The lowest BCUT2D eigenvalue weighted by atomic mass is 9.89. The van der Waals surface area contributed by atoms with E-state index in [-0.39, 0.29) is 0 Å². The topological polar surface area (TPSA) is 39.3 Å². The molecule has 0 bridgehead atoms. The van der Waals surface area contributed by atoms with Gasteiger partial charge in [0.15, 0.2) is 0 Å². The van der Waals surface area contributed by atoms with E-state index in [1.54, 1.807) is 0 Å². The molecule has 4 nitrogen and oxygen atoms in total. The fourth-order valence-corrected chi connectivity index (χ4v) is 4.58. The van der Waals surface area contributed by atoms with Gasteiger partial charge in [0, 0.05) is 24.2 Å². The maximum Gasteiger partial charge on any atom is 0.0223 e. The second-order valence-corrected chi connectivity index (χ2v) is 7.24. The van der Waals surface area contributed by atoms with Gasteiger partial charge in [0.1, 0.15) is 0 Å². The van der Waals surface area contributed by atoms with Crippen LogP contribution < -0.4 is 16.0 Å². The molecule has 0 spiro atoms. The lowest BCUT2D eigenvalue weighted by molar-refractivity contribution is 0.112. The summed E-state index contributed by atoms with van der Waals surface area (Å²) in [6.07, 6.45) is 10.9. The number of rotatable bonds is 4. The predicted molar refractivity (Wildman–Crippen MR) is 88.7 cm³/mol. The number of piperidine rings is 2. The minimum Gasteiger partial charge on any atom is -0.317 e. The molecule has 0 amide bonds. The molecule has 0 unspecified atom stereocenters. The molecule has 2 atom stereocenters. The second kappa shape index (κ2) is 7.91. The zero-order chi connectivity index (χ0) is 14.5. The zero-order valence-electron chi connectivity index (χ0n) is 13.7. The average molecular weight is 294 g/mol. The Labute approximate surface area is 130 Å². The van der Waals surface area contributed by atoms with Gasteiger partial charge in [-0.05, 0) is 71.8 Å². The highest BCUT2D eigenvalue weighted by Gasteiger charge is 2.29. The van der Waals surface area contributed by atoms with Crippen molar-refractivity contribution in [2.75, 3.05) is 33.2 Å². The van der Waals surface area contributed by atoms with Gasteiger partial charge in [0.25, 0.3) is 0 Å². The standard InChI is InChI=1S/C17H34N4/c1-18-16-4-2-3-5-17(16)20-14-8-12-21(13-9-14)15-6-10-19-11-7-15/h14-20H,2-13H2,1H3/t16-,17-/m0/s1. The maximum atomic E-state index is 3.98. The molecule has 2 heterocycles. The van der Waals surface area contributed by atoms with Gasteiger partial charge in [-0.1, -0.05) is 12.8 Å². The molecule has 0 aromatic heterocycles. The molecule has 21 heavy (non-hydrogen) atoms. The Balaban J connectivity index is 1.42. The van der Waals surface area contributed by atoms with Crippen LogP contribution in [-0.4, -0.2) is 62.3 Å². The fourth-order valence-electron chi connectivity index (χ4n) is 4.58. The quantitative estimate of drug-likeness (QED) is 0.731. The van der Waals surface area contributed by atoms with Crippen molar-refractivity contribution in [2.24, 2.45) is 0 Å². The van der Waals surface area contributed by atoms with Crippen LogP contribution in [0.2, 0.25) is 0 Å². The van der Waals surface area contributed by atoms with Crippen LogP contribution in [0.3, 0.4) is 0 Å². The van der Waals surface area contributed by atoms with Crippen LogP contribution in [0.1, 0.15) is 51.4 Å². The lowest BCUT2D eigenvalue weighted by Crippen LogP contribution is -2.55. The van der Waals surface area contributed by atoms with Gasteiger partial charge in [-0.25, -0.2) is 0 Å². The van der Waals surface area contributed by atoms with E-state index in [1.165, 1.54) is 77.5 Å². The SMILES string of the molecule is CN[C@H]1CCCC[C@@H]1NC1CCN(C2CCNCC2)CC1. The third-order valence-corrected chi connectivity index (χ3v) is 5.94. The Hall–Kier alpha value is -0.160. The molecule has 0 aromatic rings. The van der Waals surface area contributed by atoms with E-state index in [0.29, 0.717) is 12.1 Å². The lowest BCUT2D eigenvalue weighted by Gasteiger charge is -2.42. The van der Waals surface area contributed by atoms with Crippen molar-refractivity contribution in [3.63, 3.8) is 0 Å². The second-order valence-electron chi connectivity index (χ2n) is 7.24. The third kappa shape index (κ3) is 4.19. The van der Waals surface area contributed by atoms with E-state index in [0.717, 1.165) is 12.1 Å². The van der Waals surface area contributed by atoms with Crippen molar-refractivity contribution in [1.82, 2.24) is 20.9 Å². The maximum absolute atomic E-state index is 3.98. The molecular formula is C17H34N4. The Morgan fingerprint density at radius 1 is 0.857 bits per heavy atom. The van der Waals surface area contributed by atoms with E-state index in [2.05, 4.69) is 27.9 Å². The smallest absolute Gasteiger partial charge is 0.0223 e. The van der Waals surface area contributed by atoms with E-state index in [9.17, 15) is 0 Å². The van der Waals surface area contributed by atoms with Crippen LogP contribution in [0.15, 0.2) is 0 Å². The van der Waals surface area contributed by atoms with E-state index in [1.807, 2.05) is 0 Å². The van der Waals surface area contributed by atoms with Crippen molar-refractivity contribution in [3.8, 4) is 0 Å². The largest absolute Gasteiger partial charge is 0.317 e. The van der Waals surface area contributed by atoms with Crippen LogP contribution in [0, 0.1) is 0 Å². The summed E-state index contributed by atoms with van der Waals surface area (Å²) in [5, 5.41) is 11.0. The molecule has 3 rings (SSSR count). The first-order valence-corrected chi connectivity index (χ1v) is 9.25. The molecule has 0 aromatic carbocycles. The first-order chi connectivity index (χ1) is 10.4. The minimum absolute atomic E-state index is 0.696. The average Bonchev–Trinajstić information content (AvgIpc) is 2.57. The van der Waals surface area contributed by atoms with Gasteiger partial charge in [-0.15, -0.1) is 0 Å². The highest BCUT2D eigenvalue weighted by molar-refractivity contribution is 4.90. The summed E-state index contributed by atoms with van der Waals surface area (Å²) in [6, 6.07) is 3.01. The van der Waals surface area contributed by atoms with E-state index >= 15 is 0 Å². The van der Waals surface area contributed by atoms with Crippen LogP contribution in [0.25, 0.3) is 0 Å². The summed E-state index contributed by atoms with van der Waals surface area (Å²) in [5.41, 5.74) is 0. The monoisotopic (exact) mass is 294 g/mol. The first kappa shape index (κ1) is 15.7. The van der Waals surface area contributed by atoms with Gasteiger partial charge < -0.3 is 20.9 Å². The van der Waals surface area contributed by atoms with E-state index in [4.69, 9.17) is 0 Å². The molecular weight excluding hydrogens is 260 g/mol. The Morgan fingerprint density at radius 3 is 2.19 bits per heavy atom. The Kier molecular flexibility index (Phi) is 5.92. The predicted octanol–water partition coefficient (Wildman–Crippen LogP) is 1.32. The summed E-state index contributed by atoms with van der Waals surface area (Å²) >= 11 is 0. The first-order valence-electron chi connectivity index (χ1n) is 9.25. The Bertz CT molecular complexity index is 295. The normalized spacial score (nSPS) is 34.1. The summed E-state index contributed by atoms with van der Waals surface area (Å²) in [4.78, 5) is 2.76. The summed E-state index contributed by atoms with van der Waals surface area (Å²) in [6.45, 7) is 5.04. The van der Waals surface area contributed by atoms with Crippen LogP contribution >= 0.6 is 0 Å². The number of hydrogen-bond acceptors (Lipinski definition) is 4. The third-order valence-electron chi connectivity index (χ3n) is 5.94. The zero-order valence-corrected chi connectivity index (χ0v) is 13.7. The number of likely N-dealkylation sites (tertiary alicyclic amines) is 1. The van der Waals surface area contributed by atoms with Crippen molar-refractivity contribution in [3.05, 3.63) is 0 Å². The van der Waals surface area contributed by atoms with Crippen LogP contribution in [-0.2, 0) is 0 Å². The van der Waals surface area contributed by atoms with E-state index < -0.39 is 0 Å². The van der Waals surface area contributed by atoms with Gasteiger partial charge in [0.2, 0.25) is 0 Å². The molecule has 2 aliphatic heterocycles. The fraction of sp³-hybridized carbons (Fsp3) is 1.00. The summed E-state index contributed by atoms with van der Waals surface area (Å²) in [5.74, 6) is 0. The summed E-state index contributed by atoms with van der Waals surface area (Å²) < 4.78 is 0. The highest BCUT2D eigenvalue weighted by Crippen LogP contribution is 2.22. The molecule has 122 valence electrons. The highest BCUT2D eigenvalue weighted by atomic mass is 15.2. The van der Waals surface area contributed by atoms with Crippen LogP contribution in [0.4, 0.5) is 0 Å². The molecule has 4 heteroatoms.